The predicted octanol–water partition coefficient (Wildman–Crippen LogP) is 5.46. The molecule has 0 spiro atoms. The van der Waals surface area contributed by atoms with E-state index in [2.05, 4.69) is 36.2 Å². The highest BCUT2D eigenvalue weighted by atomic mass is 35.5. The first kappa shape index (κ1) is 38.9. The van der Waals surface area contributed by atoms with Crippen LogP contribution < -0.4 is 26.0 Å². The quantitative estimate of drug-likeness (QED) is 0.0840. The fourth-order valence-corrected chi connectivity index (χ4v) is 6.44. The number of fused-ring (bicyclic) bond motifs is 1. The lowest BCUT2D eigenvalue weighted by molar-refractivity contribution is -0.154. The average molecular weight is 780 g/mol. The minimum absolute atomic E-state index is 0.0210. The van der Waals surface area contributed by atoms with Gasteiger partial charge in [0.2, 0.25) is 17.7 Å². The molecule has 1 heterocycles. The summed E-state index contributed by atoms with van der Waals surface area (Å²) in [4.78, 5) is 63.1. The van der Waals surface area contributed by atoms with Gasteiger partial charge >= 0.3 is 18.2 Å². The van der Waals surface area contributed by atoms with Crippen molar-refractivity contribution in [1.82, 2.24) is 25.6 Å². The van der Waals surface area contributed by atoms with E-state index in [1.165, 1.54) is 35.4 Å². The van der Waals surface area contributed by atoms with Crippen molar-refractivity contribution in [3.63, 3.8) is 0 Å². The number of ether oxygens (including phenoxy) is 2. The van der Waals surface area contributed by atoms with E-state index < -0.39 is 53.9 Å². The molecule has 288 valence electrons. The topological polar surface area (TPSA) is 174 Å². The van der Waals surface area contributed by atoms with Crippen LogP contribution in [0.1, 0.15) is 52.7 Å². The molecule has 0 aliphatic heterocycles. The molecule has 2 aliphatic carbocycles. The van der Waals surface area contributed by atoms with E-state index in [1.807, 2.05) is 36.4 Å². The highest BCUT2D eigenvalue weighted by Gasteiger charge is 2.45. The van der Waals surface area contributed by atoms with Crippen LogP contribution in [-0.4, -0.2) is 71.0 Å². The number of carbonyl (C=O) groups is 4. The maximum absolute atomic E-state index is 13.1. The summed E-state index contributed by atoms with van der Waals surface area (Å²) in [6.07, 6.45) is -1.68. The first-order valence-corrected chi connectivity index (χ1v) is 17.8. The van der Waals surface area contributed by atoms with Gasteiger partial charge < -0.3 is 30.7 Å². The number of carbonyl (C=O) groups excluding carboxylic acids is 4. The summed E-state index contributed by atoms with van der Waals surface area (Å²) in [6.45, 7) is -1.69. The van der Waals surface area contributed by atoms with Gasteiger partial charge in [0.05, 0.1) is 12.6 Å². The van der Waals surface area contributed by atoms with Crippen molar-refractivity contribution in [2.24, 2.45) is 5.92 Å². The second kappa shape index (κ2) is 16.7. The average Bonchev–Trinajstić information content (AvgIpc) is 3.82. The summed E-state index contributed by atoms with van der Waals surface area (Å²) in [5.74, 6) is -2.79. The molecule has 1 atom stereocenters. The Morgan fingerprint density at radius 3 is 2.18 bits per heavy atom. The Kier molecular flexibility index (Phi) is 11.8. The summed E-state index contributed by atoms with van der Waals surface area (Å²) >= 11 is 6.03. The number of hydrogen-bond acceptors (Lipinski definition) is 11. The van der Waals surface area contributed by atoms with Crippen LogP contribution in [0.4, 0.5) is 30.8 Å². The number of hydrogen-bond donors (Lipinski definition) is 4. The van der Waals surface area contributed by atoms with Crippen LogP contribution in [0.15, 0.2) is 72.8 Å². The van der Waals surface area contributed by atoms with Gasteiger partial charge in [-0.2, -0.15) is 28.1 Å². The number of Topliss-reactive ketones (excluding diaryl/α,β-unsaturated/α-hetero) is 1. The third kappa shape index (κ3) is 10.5. The number of esters is 1. The molecule has 0 saturated heterocycles. The van der Waals surface area contributed by atoms with E-state index in [9.17, 15) is 32.3 Å². The number of rotatable bonds is 16. The SMILES string of the molecule is COC(=O)[C@H](CCNC(=O)C(=O)CC1Cc2ccccc2C1)NC(=O)c1ccc(Nc2nc(NC3(c4ccc(Cl)cc4)CC3)nc(OCC(F)(F)F)n2)cc1. The number of methoxy groups -OCH3 is 1. The van der Waals surface area contributed by atoms with Gasteiger partial charge in [-0.25, -0.2) is 4.79 Å². The zero-order valence-electron chi connectivity index (χ0n) is 29.5. The second-order valence-corrected chi connectivity index (χ2v) is 13.8. The van der Waals surface area contributed by atoms with Crippen molar-refractivity contribution in [1.29, 1.82) is 0 Å². The summed E-state index contributed by atoms with van der Waals surface area (Å²) < 4.78 is 48.6. The number of nitrogens with zero attached hydrogens (tertiary/aromatic N) is 3. The zero-order chi connectivity index (χ0) is 39.2. The summed E-state index contributed by atoms with van der Waals surface area (Å²) in [7, 11) is 1.16. The Morgan fingerprint density at radius 1 is 0.909 bits per heavy atom. The maximum atomic E-state index is 13.1. The molecule has 0 bridgehead atoms. The highest BCUT2D eigenvalue weighted by molar-refractivity contribution is 6.36. The molecule has 0 unspecified atom stereocenters. The smallest absolute Gasteiger partial charge is 0.422 e. The number of nitrogens with one attached hydrogen (secondary N) is 4. The van der Waals surface area contributed by atoms with E-state index in [1.54, 1.807) is 12.1 Å². The van der Waals surface area contributed by atoms with Gasteiger partial charge in [0, 0.05) is 29.2 Å². The Bertz CT molecular complexity index is 2020. The molecule has 1 saturated carbocycles. The minimum atomic E-state index is -4.63. The van der Waals surface area contributed by atoms with Crippen molar-refractivity contribution in [2.75, 3.05) is 30.9 Å². The van der Waals surface area contributed by atoms with Crippen LogP contribution >= 0.6 is 11.6 Å². The van der Waals surface area contributed by atoms with Gasteiger partial charge in [0.25, 0.3) is 11.8 Å². The molecule has 4 aromatic rings. The Labute approximate surface area is 318 Å². The summed E-state index contributed by atoms with van der Waals surface area (Å²) in [5, 5.41) is 11.8. The van der Waals surface area contributed by atoms with Gasteiger partial charge in [-0.15, -0.1) is 0 Å². The van der Waals surface area contributed by atoms with Crippen LogP contribution in [0.5, 0.6) is 6.01 Å². The van der Waals surface area contributed by atoms with Crippen molar-refractivity contribution in [3.8, 4) is 6.01 Å². The molecule has 55 heavy (non-hydrogen) atoms. The molecular weight excluding hydrogens is 743 g/mol. The number of halogens is 4. The van der Waals surface area contributed by atoms with E-state index in [0.717, 1.165) is 25.5 Å². The lowest BCUT2D eigenvalue weighted by atomic mass is 9.99. The predicted molar refractivity (Wildman–Crippen MR) is 195 cm³/mol. The van der Waals surface area contributed by atoms with Gasteiger partial charge in [-0.3, -0.25) is 14.4 Å². The molecule has 6 rings (SSSR count). The van der Waals surface area contributed by atoms with E-state index in [-0.39, 0.29) is 42.8 Å². The summed E-state index contributed by atoms with van der Waals surface area (Å²) in [6, 6.07) is 19.3. The van der Waals surface area contributed by atoms with Crippen molar-refractivity contribution >= 4 is 52.8 Å². The number of anilines is 3. The maximum Gasteiger partial charge on any atom is 0.422 e. The van der Waals surface area contributed by atoms with Gasteiger partial charge in [0.15, 0.2) is 6.61 Å². The normalized spacial score (nSPS) is 14.9. The third-order valence-electron chi connectivity index (χ3n) is 9.25. The Balaban J connectivity index is 1.05. The standard InChI is InChI=1S/C38H37ClF3N7O6/c1-54-33(53)29(14-17-43-32(52)30(50)20-22-18-24-4-2-3-5-25(24)19-22)45-31(51)23-6-12-28(13-7-23)44-34-46-35(48-36(47-34)55-21-38(40,41)42)49-37(15-16-37)26-8-10-27(39)11-9-26/h2-13,22,29H,14-21H2,1H3,(H,43,52)(H,45,51)(H2,44,46,47,48,49)/t29-/m0/s1. The first-order chi connectivity index (χ1) is 26.3. The second-order valence-electron chi connectivity index (χ2n) is 13.3. The number of aromatic nitrogens is 3. The van der Waals surface area contributed by atoms with E-state index >= 15 is 0 Å². The Hall–Kier alpha value is -5.77. The van der Waals surface area contributed by atoms with Crippen LogP contribution in [0.25, 0.3) is 0 Å². The molecular formula is C38H37ClF3N7O6. The lowest BCUT2D eigenvalue weighted by Crippen LogP contribution is -2.44. The summed E-state index contributed by atoms with van der Waals surface area (Å²) in [5.41, 5.74) is 3.23. The highest BCUT2D eigenvalue weighted by Crippen LogP contribution is 2.48. The van der Waals surface area contributed by atoms with Gasteiger partial charge in [-0.05, 0) is 91.1 Å². The molecule has 3 aromatic carbocycles. The first-order valence-electron chi connectivity index (χ1n) is 17.4. The molecule has 13 nitrogen and oxygen atoms in total. The fourth-order valence-electron chi connectivity index (χ4n) is 6.32. The molecule has 2 aliphatic rings. The molecule has 2 amide bonds. The van der Waals surface area contributed by atoms with Crippen molar-refractivity contribution in [2.45, 2.75) is 56.3 Å². The third-order valence-corrected chi connectivity index (χ3v) is 9.51. The van der Waals surface area contributed by atoms with Crippen LogP contribution in [0.3, 0.4) is 0 Å². The molecule has 17 heteroatoms. The Morgan fingerprint density at radius 2 is 1.56 bits per heavy atom. The number of benzene rings is 3. The van der Waals surface area contributed by atoms with Crippen molar-refractivity contribution in [3.05, 3.63) is 100 Å². The van der Waals surface area contributed by atoms with E-state index in [4.69, 9.17) is 21.1 Å². The van der Waals surface area contributed by atoms with E-state index in [0.29, 0.717) is 23.6 Å². The monoisotopic (exact) mass is 779 g/mol. The van der Waals surface area contributed by atoms with Gasteiger partial charge in [-0.1, -0.05) is 48.0 Å². The minimum Gasteiger partial charge on any atom is -0.467 e. The molecule has 4 N–H and O–H groups in total. The number of amides is 2. The molecule has 1 fully saturated rings. The van der Waals surface area contributed by atoms with Crippen LogP contribution in [-0.2, 0) is 37.5 Å². The van der Waals surface area contributed by atoms with Crippen LogP contribution in [0, 0.1) is 5.92 Å². The lowest BCUT2D eigenvalue weighted by Gasteiger charge is -2.19. The van der Waals surface area contributed by atoms with Gasteiger partial charge in [0.1, 0.15) is 6.04 Å². The molecule has 1 aromatic heterocycles. The van der Waals surface area contributed by atoms with Crippen molar-refractivity contribution < 1.29 is 41.8 Å². The fraction of sp³-hybridized carbons (Fsp3) is 0.342. The largest absolute Gasteiger partial charge is 0.467 e. The molecule has 0 radical (unpaired) electrons. The van der Waals surface area contributed by atoms with Crippen LogP contribution in [0.2, 0.25) is 5.02 Å². The number of alkyl halides is 3. The number of ketones is 1. The zero-order valence-corrected chi connectivity index (χ0v) is 30.3.